The molecule has 0 unspecified atom stereocenters. The van der Waals surface area contributed by atoms with Crippen LogP contribution in [-0.4, -0.2) is 46.0 Å². The normalized spacial score (nSPS) is 17.3. The number of nitrogens with zero attached hydrogens (tertiary/aromatic N) is 2. The minimum atomic E-state index is -3.47. The zero-order valence-electron chi connectivity index (χ0n) is 11.4. The van der Waals surface area contributed by atoms with E-state index in [-0.39, 0.29) is 12.3 Å². The number of benzene rings is 1. The van der Waals surface area contributed by atoms with Gasteiger partial charge in [0.2, 0.25) is 10.0 Å². The topological polar surface area (TPSA) is 57.7 Å². The summed E-state index contributed by atoms with van der Waals surface area (Å²) < 4.78 is 25.0. The van der Waals surface area contributed by atoms with Crippen molar-refractivity contribution in [2.24, 2.45) is 0 Å². The van der Waals surface area contributed by atoms with Crippen LogP contribution in [0, 0.1) is 0 Å². The molecule has 2 rings (SSSR count). The van der Waals surface area contributed by atoms with Gasteiger partial charge in [0.25, 0.3) is 0 Å². The molecule has 0 bridgehead atoms. The van der Waals surface area contributed by atoms with Crippen molar-refractivity contribution in [3.05, 3.63) is 40.6 Å². The molecule has 0 saturated carbocycles. The zero-order valence-corrected chi connectivity index (χ0v) is 13.0. The lowest BCUT2D eigenvalue weighted by Gasteiger charge is -2.30. The van der Waals surface area contributed by atoms with Gasteiger partial charge in [-0.3, -0.25) is 9.10 Å². The third-order valence-electron chi connectivity index (χ3n) is 2.89. The summed E-state index contributed by atoms with van der Waals surface area (Å²) in [4.78, 5) is 14.1. The first-order valence-corrected chi connectivity index (χ1v) is 8.12. The fourth-order valence-electron chi connectivity index (χ4n) is 2.10. The lowest BCUT2D eigenvalue weighted by atomic mass is 9.98. The Balaban J connectivity index is 2.66. The van der Waals surface area contributed by atoms with E-state index >= 15 is 0 Å². The Morgan fingerprint density at radius 3 is 2.55 bits per heavy atom. The van der Waals surface area contributed by atoms with Gasteiger partial charge in [-0.25, -0.2) is 8.42 Å². The summed E-state index contributed by atoms with van der Waals surface area (Å²) >= 11 is 5.91. The molecule has 1 heterocycles. The number of hydrogen-bond donors (Lipinski definition) is 0. The maximum atomic E-state index is 12.4. The largest absolute Gasteiger partial charge is 0.383 e. The minimum absolute atomic E-state index is 0.0322. The average Bonchev–Trinajstić information content (AvgIpc) is 2.31. The van der Waals surface area contributed by atoms with Crippen LogP contribution in [0.2, 0.25) is 5.02 Å². The van der Waals surface area contributed by atoms with Crippen LogP contribution >= 0.6 is 11.6 Å². The average molecular weight is 315 g/mol. The van der Waals surface area contributed by atoms with Gasteiger partial charge in [0.05, 0.1) is 18.5 Å². The molecule has 0 aliphatic carbocycles. The minimum Gasteiger partial charge on any atom is -0.383 e. The highest BCUT2D eigenvalue weighted by Gasteiger charge is 2.32. The Morgan fingerprint density at radius 2 is 2.00 bits per heavy atom. The Bertz CT molecular complexity index is 696. The van der Waals surface area contributed by atoms with Crippen LogP contribution in [0.3, 0.4) is 0 Å². The molecule has 1 aliphatic rings. The predicted octanol–water partition coefficient (Wildman–Crippen LogP) is 1.75. The summed E-state index contributed by atoms with van der Waals surface area (Å²) in [6, 6.07) is 4.63. The molecule has 0 atom stereocenters. The van der Waals surface area contributed by atoms with Gasteiger partial charge in [-0.2, -0.15) is 0 Å². The fourth-order valence-corrected chi connectivity index (χ4v) is 3.16. The van der Waals surface area contributed by atoms with Crippen LogP contribution < -0.4 is 4.31 Å². The molecule has 1 aromatic rings. The van der Waals surface area contributed by atoms with Crippen LogP contribution in [-0.2, 0) is 10.0 Å². The van der Waals surface area contributed by atoms with E-state index in [1.165, 1.54) is 10.4 Å². The molecule has 20 heavy (non-hydrogen) atoms. The second-order valence-electron chi connectivity index (χ2n) is 4.88. The van der Waals surface area contributed by atoms with Crippen molar-refractivity contribution in [1.82, 2.24) is 4.90 Å². The number of anilines is 1. The van der Waals surface area contributed by atoms with Gasteiger partial charge in [0.15, 0.2) is 5.78 Å². The number of fused-ring (bicyclic) bond motifs is 1. The highest BCUT2D eigenvalue weighted by Crippen LogP contribution is 2.33. The van der Waals surface area contributed by atoms with E-state index in [9.17, 15) is 13.2 Å². The van der Waals surface area contributed by atoms with Gasteiger partial charge >= 0.3 is 0 Å². The van der Waals surface area contributed by atoms with Gasteiger partial charge in [0, 0.05) is 36.5 Å². The maximum Gasteiger partial charge on any atom is 0.232 e. The molecule has 108 valence electrons. The van der Waals surface area contributed by atoms with Crippen molar-refractivity contribution in [1.29, 1.82) is 0 Å². The molecule has 1 aromatic carbocycles. The summed E-state index contributed by atoms with van der Waals surface area (Å²) in [5, 5.41) is 0.400. The Kier molecular flexibility index (Phi) is 3.80. The van der Waals surface area contributed by atoms with Crippen LogP contribution in [0.15, 0.2) is 30.0 Å². The number of halogens is 1. The van der Waals surface area contributed by atoms with Gasteiger partial charge < -0.3 is 4.90 Å². The van der Waals surface area contributed by atoms with Crippen LogP contribution in [0.25, 0.3) is 0 Å². The lowest BCUT2D eigenvalue weighted by molar-refractivity contribution is 0.102. The van der Waals surface area contributed by atoms with Crippen LogP contribution in [0.4, 0.5) is 5.69 Å². The quantitative estimate of drug-likeness (QED) is 0.780. The highest BCUT2D eigenvalue weighted by atomic mass is 35.5. The predicted molar refractivity (Wildman–Crippen MR) is 79.7 cm³/mol. The zero-order chi connectivity index (χ0) is 15.1. The number of hydrogen-bond acceptors (Lipinski definition) is 4. The van der Waals surface area contributed by atoms with E-state index in [0.29, 0.717) is 21.8 Å². The Morgan fingerprint density at radius 1 is 1.35 bits per heavy atom. The number of carbonyl (C=O) groups is 1. The maximum absolute atomic E-state index is 12.4. The summed E-state index contributed by atoms with van der Waals surface area (Å²) in [5.74, 6) is -0.198. The fraction of sp³-hybridized carbons (Fsp3) is 0.308. The van der Waals surface area contributed by atoms with Crippen LogP contribution in [0.5, 0.6) is 0 Å². The molecule has 0 radical (unpaired) electrons. The lowest BCUT2D eigenvalue weighted by Crippen LogP contribution is -2.38. The molecular weight excluding hydrogens is 300 g/mol. The summed E-state index contributed by atoms with van der Waals surface area (Å²) in [5.41, 5.74) is 1.09. The molecule has 0 fully saturated rings. The Labute approximate surface area is 123 Å². The third kappa shape index (κ3) is 2.81. The van der Waals surface area contributed by atoms with Gasteiger partial charge in [-0.15, -0.1) is 0 Å². The van der Waals surface area contributed by atoms with E-state index in [4.69, 9.17) is 11.6 Å². The first-order chi connectivity index (χ1) is 9.20. The van der Waals surface area contributed by atoms with Gasteiger partial charge in [-0.1, -0.05) is 11.6 Å². The van der Waals surface area contributed by atoms with Crippen molar-refractivity contribution in [3.63, 3.8) is 0 Å². The first-order valence-electron chi connectivity index (χ1n) is 5.89. The molecule has 0 spiro atoms. The first kappa shape index (κ1) is 14.9. The van der Waals surface area contributed by atoms with E-state index in [2.05, 4.69) is 0 Å². The number of Topliss-reactive ketones (excluding diaryl/α,β-unsaturated/α-hetero) is 1. The van der Waals surface area contributed by atoms with E-state index in [1.807, 2.05) is 0 Å². The molecule has 1 aliphatic heterocycles. The second-order valence-corrected chi connectivity index (χ2v) is 7.22. The number of ketones is 1. The Hall–Kier alpha value is -1.53. The van der Waals surface area contributed by atoms with E-state index in [0.717, 1.165) is 6.26 Å². The third-order valence-corrected chi connectivity index (χ3v) is 4.25. The standard InChI is InChI=1S/C13H15ClN2O3S/c1-15(2)7-9-8-16(20(3,18)19)12-5-4-10(14)6-11(12)13(9)17/h4-7H,8H2,1-3H3/b9-7-. The van der Waals surface area contributed by atoms with Gasteiger partial charge in [-0.05, 0) is 18.2 Å². The molecular formula is C13H15ClN2O3S. The smallest absolute Gasteiger partial charge is 0.232 e. The molecule has 5 nitrogen and oxygen atoms in total. The van der Waals surface area contributed by atoms with Crippen molar-refractivity contribution >= 4 is 33.1 Å². The van der Waals surface area contributed by atoms with Gasteiger partial charge in [0.1, 0.15) is 0 Å². The highest BCUT2D eigenvalue weighted by molar-refractivity contribution is 7.92. The van der Waals surface area contributed by atoms with Crippen molar-refractivity contribution in [3.8, 4) is 0 Å². The van der Waals surface area contributed by atoms with Crippen molar-refractivity contribution in [2.45, 2.75) is 0 Å². The van der Waals surface area contributed by atoms with Crippen molar-refractivity contribution < 1.29 is 13.2 Å². The second kappa shape index (κ2) is 5.10. The molecule has 7 heteroatoms. The SMILES string of the molecule is CN(C)/C=C1/CN(S(C)(=O)=O)c2ccc(Cl)cc2C1=O. The van der Waals surface area contributed by atoms with E-state index in [1.54, 1.807) is 37.3 Å². The number of sulfonamides is 1. The van der Waals surface area contributed by atoms with Crippen LogP contribution in [0.1, 0.15) is 10.4 Å². The summed E-state index contributed by atoms with van der Waals surface area (Å²) in [6.45, 7) is 0.0322. The van der Waals surface area contributed by atoms with Crippen molar-refractivity contribution in [2.75, 3.05) is 31.2 Å². The summed E-state index contributed by atoms with van der Waals surface area (Å²) in [7, 11) is 0.0871. The number of rotatable bonds is 2. The monoisotopic (exact) mass is 314 g/mol. The molecule has 0 amide bonds. The number of carbonyl (C=O) groups excluding carboxylic acids is 1. The molecule has 0 N–H and O–H groups in total. The molecule has 0 saturated heterocycles. The summed E-state index contributed by atoms with van der Waals surface area (Å²) in [6.07, 6.45) is 2.75. The van der Waals surface area contributed by atoms with E-state index < -0.39 is 10.0 Å². The molecule has 0 aromatic heterocycles.